The van der Waals surface area contributed by atoms with Crippen LogP contribution in [0.5, 0.6) is 0 Å². The summed E-state index contributed by atoms with van der Waals surface area (Å²) in [7, 11) is -3.55. The standard InChI is InChI=1S/C12H13FN2O5S/c1-20-12(17)14-8-3-2-4-9(5-8)15-7-10(6-11(15)16)21(13,18)19/h2-5,10H,6-7H2,1H3,(H,14,17). The lowest BCUT2D eigenvalue weighted by Crippen LogP contribution is -2.27. The van der Waals surface area contributed by atoms with E-state index in [9.17, 15) is 21.9 Å². The van der Waals surface area contributed by atoms with Crippen molar-refractivity contribution < 1.29 is 26.6 Å². The number of anilines is 2. The van der Waals surface area contributed by atoms with E-state index in [0.29, 0.717) is 11.4 Å². The zero-order valence-corrected chi connectivity index (χ0v) is 11.9. The van der Waals surface area contributed by atoms with Crippen LogP contribution < -0.4 is 10.2 Å². The van der Waals surface area contributed by atoms with Crippen molar-refractivity contribution in [3.63, 3.8) is 0 Å². The summed E-state index contributed by atoms with van der Waals surface area (Å²) in [6.07, 6.45) is -1.07. The molecule has 0 bridgehead atoms. The number of carbonyl (C=O) groups is 2. The van der Waals surface area contributed by atoms with E-state index in [1.165, 1.54) is 18.1 Å². The number of rotatable bonds is 3. The zero-order valence-electron chi connectivity index (χ0n) is 11.1. The summed E-state index contributed by atoms with van der Waals surface area (Å²) < 4.78 is 39.2. The highest BCUT2D eigenvalue weighted by molar-refractivity contribution is 7.87. The molecular weight excluding hydrogens is 303 g/mol. The molecule has 1 N–H and O–H groups in total. The fraction of sp³-hybridized carbons (Fsp3) is 0.333. The van der Waals surface area contributed by atoms with Crippen LogP contribution >= 0.6 is 0 Å². The van der Waals surface area contributed by atoms with E-state index in [1.807, 2.05) is 0 Å². The molecule has 1 aromatic rings. The van der Waals surface area contributed by atoms with Crippen molar-refractivity contribution in [1.82, 2.24) is 0 Å². The Kier molecular flexibility index (Phi) is 4.12. The lowest BCUT2D eigenvalue weighted by molar-refractivity contribution is -0.117. The van der Waals surface area contributed by atoms with Gasteiger partial charge < -0.3 is 9.64 Å². The highest BCUT2D eigenvalue weighted by Gasteiger charge is 2.39. The quantitative estimate of drug-likeness (QED) is 0.848. The van der Waals surface area contributed by atoms with Crippen LogP contribution in [0.2, 0.25) is 0 Å². The normalized spacial score (nSPS) is 18.7. The summed E-state index contributed by atoms with van der Waals surface area (Å²) in [5.74, 6) is -0.489. The van der Waals surface area contributed by atoms with Gasteiger partial charge in [-0.2, -0.15) is 8.42 Å². The van der Waals surface area contributed by atoms with E-state index in [4.69, 9.17) is 0 Å². The summed E-state index contributed by atoms with van der Waals surface area (Å²) in [6.45, 7) is -0.251. The Morgan fingerprint density at radius 3 is 2.76 bits per heavy atom. The second-order valence-electron chi connectivity index (χ2n) is 4.47. The minimum absolute atomic E-state index is 0.251. The minimum atomic E-state index is -4.76. The number of halogens is 1. The molecule has 7 nitrogen and oxygen atoms in total. The molecule has 21 heavy (non-hydrogen) atoms. The van der Waals surface area contributed by atoms with Gasteiger partial charge in [0, 0.05) is 24.3 Å². The van der Waals surface area contributed by atoms with E-state index in [1.54, 1.807) is 18.2 Å². The molecule has 0 radical (unpaired) electrons. The number of hydrogen-bond acceptors (Lipinski definition) is 5. The number of methoxy groups -OCH3 is 1. The van der Waals surface area contributed by atoms with Crippen LogP contribution in [0.4, 0.5) is 20.1 Å². The Morgan fingerprint density at radius 1 is 1.48 bits per heavy atom. The zero-order chi connectivity index (χ0) is 15.6. The fourth-order valence-corrected chi connectivity index (χ4v) is 2.70. The highest BCUT2D eigenvalue weighted by Crippen LogP contribution is 2.27. The first-order valence-electron chi connectivity index (χ1n) is 6.00. The predicted octanol–water partition coefficient (Wildman–Crippen LogP) is 1.27. The molecule has 0 spiro atoms. The molecule has 1 unspecified atom stereocenters. The van der Waals surface area contributed by atoms with Gasteiger partial charge in [-0.15, -0.1) is 3.89 Å². The molecule has 0 aliphatic carbocycles. The molecule has 1 aliphatic heterocycles. The summed E-state index contributed by atoms with van der Waals surface area (Å²) in [5.41, 5.74) is 0.749. The average Bonchev–Trinajstić information content (AvgIpc) is 2.81. The van der Waals surface area contributed by atoms with Gasteiger partial charge in [0.25, 0.3) is 0 Å². The third-order valence-electron chi connectivity index (χ3n) is 3.08. The molecule has 2 amide bonds. The molecule has 1 aromatic carbocycles. The summed E-state index contributed by atoms with van der Waals surface area (Å²) >= 11 is 0. The average molecular weight is 316 g/mol. The van der Waals surface area contributed by atoms with E-state index in [0.717, 1.165) is 0 Å². The van der Waals surface area contributed by atoms with Gasteiger partial charge in [-0.3, -0.25) is 10.1 Å². The van der Waals surface area contributed by atoms with Crippen LogP contribution in [0.1, 0.15) is 6.42 Å². The van der Waals surface area contributed by atoms with Gasteiger partial charge in [-0.25, -0.2) is 4.79 Å². The number of nitrogens with one attached hydrogen (secondary N) is 1. The van der Waals surface area contributed by atoms with Crippen LogP contribution in [-0.4, -0.2) is 39.3 Å². The highest BCUT2D eigenvalue weighted by atomic mass is 32.3. The molecule has 1 atom stereocenters. The summed E-state index contributed by atoms with van der Waals surface area (Å²) in [4.78, 5) is 24.1. The van der Waals surface area contributed by atoms with Crippen molar-refractivity contribution in [2.24, 2.45) is 0 Å². The number of benzene rings is 1. The van der Waals surface area contributed by atoms with Crippen molar-refractivity contribution in [1.29, 1.82) is 0 Å². The van der Waals surface area contributed by atoms with Crippen molar-refractivity contribution in [2.75, 3.05) is 23.9 Å². The Hall–Kier alpha value is -2.16. The van der Waals surface area contributed by atoms with E-state index in [2.05, 4.69) is 10.1 Å². The van der Waals surface area contributed by atoms with Gasteiger partial charge in [0.15, 0.2) is 0 Å². The monoisotopic (exact) mass is 316 g/mol. The third kappa shape index (κ3) is 3.48. The minimum Gasteiger partial charge on any atom is -0.453 e. The molecule has 9 heteroatoms. The first-order chi connectivity index (χ1) is 9.81. The van der Waals surface area contributed by atoms with E-state index in [-0.39, 0.29) is 6.54 Å². The van der Waals surface area contributed by atoms with Gasteiger partial charge in [0.1, 0.15) is 5.25 Å². The van der Waals surface area contributed by atoms with Gasteiger partial charge in [0.05, 0.1) is 7.11 Å². The maximum absolute atomic E-state index is 13.0. The maximum Gasteiger partial charge on any atom is 0.411 e. The number of ether oxygens (including phenoxy) is 1. The smallest absolute Gasteiger partial charge is 0.411 e. The molecule has 114 valence electrons. The van der Waals surface area contributed by atoms with Gasteiger partial charge in [-0.1, -0.05) is 6.07 Å². The fourth-order valence-electron chi connectivity index (χ4n) is 2.03. The van der Waals surface area contributed by atoms with Gasteiger partial charge >= 0.3 is 16.3 Å². The molecule has 2 rings (SSSR count). The summed E-state index contributed by atoms with van der Waals surface area (Å²) in [5, 5.41) is 1.06. The molecule has 1 fully saturated rings. The Labute approximate surface area is 120 Å². The van der Waals surface area contributed by atoms with Crippen molar-refractivity contribution in [3.8, 4) is 0 Å². The Bertz CT molecular complexity index is 676. The predicted molar refractivity (Wildman–Crippen MR) is 73.3 cm³/mol. The largest absolute Gasteiger partial charge is 0.453 e. The lowest BCUT2D eigenvalue weighted by atomic mass is 10.2. The molecular formula is C12H13FN2O5S. The molecule has 1 aliphatic rings. The second-order valence-corrected chi connectivity index (χ2v) is 6.09. The van der Waals surface area contributed by atoms with Crippen molar-refractivity contribution in [2.45, 2.75) is 11.7 Å². The lowest BCUT2D eigenvalue weighted by Gasteiger charge is -2.17. The van der Waals surface area contributed by atoms with Crippen LogP contribution in [0, 0.1) is 0 Å². The number of amides is 2. The number of hydrogen-bond donors (Lipinski definition) is 1. The van der Waals surface area contributed by atoms with Gasteiger partial charge in [-0.05, 0) is 18.2 Å². The molecule has 0 aromatic heterocycles. The van der Waals surface area contributed by atoms with Crippen LogP contribution in [0.25, 0.3) is 0 Å². The van der Waals surface area contributed by atoms with Crippen molar-refractivity contribution in [3.05, 3.63) is 24.3 Å². The topological polar surface area (TPSA) is 92.8 Å². The van der Waals surface area contributed by atoms with E-state index >= 15 is 0 Å². The van der Waals surface area contributed by atoms with Crippen molar-refractivity contribution >= 4 is 33.6 Å². The van der Waals surface area contributed by atoms with Crippen LogP contribution in [-0.2, 0) is 19.8 Å². The Balaban J connectivity index is 2.21. The SMILES string of the molecule is COC(=O)Nc1cccc(N2CC(S(=O)(=O)F)CC2=O)c1. The first kappa shape index (κ1) is 15.2. The second kappa shape index (κ2) is 5.68. The van der Waals surface area contributed by atoms with E-state index < -0.39 is 33.9 Å². The summed E-state index contributed by atoms with van der Waals surface area (Å²) in [6, 6.07) is 6.19. The third-order valence-corrected chi connectivity index (χ3v) is 4.19. The molecule has 0 saturated carbocycles. The first-order valence-corrected chi connectivity index (χ1v) is 7.45. The maximum atomic E-state index is 13.0. The number of nitrogens with zero attached hydrogens (tertiary/aromatic N) is 1. The molecule has 1 saturated heterocycles. The van der Waals surface area contributed by atoms with Crippen LogP contribution in [0.15, 0.2) is 24.3 Å². The Morgan fingerprint density at radius 2 is 2.19 bits per heavy atom. The molecule has 1 heterocycles. The number of carbonyl (C=O) groups excluding carboxylic acids is 2. The van der Waals surface area contributed by atoms with Crippen LogP contribution in [0.3, 0.4) is 0 Å². The van der Waals surface area contributed by atoms with Gasteiger partial charge in [0.2, 0.25) is 5.91 Å².